The van der Waals surface area contributed by atoms with Crippen LogP contribution in [0.3, 0.4) is 0 Å². The van der Waals surface area contributed by atoms with Crippen molar-refractivity contribution in [2.24, 2.45) is 0 Å². The van der Waals surface area contributed by atoms with Crippen LogP contribution < -0.4 is 0 Å². The number of furan rings is 2. The highest BCUT2D eigenvalue weighted by Crippen LogP contribution is 2.39. The molecule has 0 unspecified atom stereocenters. The van der Waals surface area contributed by atoms with Crippen molar-refractivity contribution in [3.63, 3.8) is 0 Å². The normalized spacial score (nSPS) is 16.8. The van der Waals surface area contributed by atoms with E-state index < -0.39 is 176 Å². The molecule has 0 N–H and O–H groups in total. The molecule has 0 aliphatic carbocycles. The topological polar surface area (TPSA) is 69.9 Å². The van der Waals surface area contributed by atoms with E-state index >= 15 is 0 Å². The summed E-state index contributed by atoms with van der Waals surface area (Å²) in [6.07, 6.45) is 0. The van der Waals surface area contributed by atoms with Crippen molar-refractivity contribution in [1.29, 1.82) is 0 Å². The molecule has 0 aliphatic heterocycles. The summed E-state index contributed by atoms with van der Waals surface area (Å²) < 4.78 is 195. The maximum atomic E-state index is 9.63. The highest BCUT2D eigenvalue weighted by molar-refractivity contribution is 6.11. The van der Waals surface area contributed by atoms with Gasteiger partial charge < -0.3 is 13.4 Å². The van der Waals surface area contributed by atoms with Crippen LogP contribution in [0.2, 0.25) is 0 Å². The van der Waals surface area contributed by atoms with Crippen molar-refractivity contribution >= 4 is 65.7 Å². The molecule has 0 radical (unpaired) electrons. The van der Waals surface area contributed by atoms with Crippen LogP contribution >= 0.6 is 0 Å². The number of benzene rings is 8. The summed E-state index contributed by atoms with van der Waals surface area (Å²) in [5.41, 5.74) is -3.74. The third kappa shape index (κ3) is 5.08. The van der Waals surface area contributed by atoms with Crippen molar-refractivity contribution in [2.45, 2.75) is 0 Å². The highest BCUT2D eigenvalue weighted by Gasteiger charge is 2.17. The summed E-state index contributed by atoms with van der Waals surface area (Å²) in [6, 6.07) is 3.35. The molecule has 0 bridgehead atoms. The lowest BCUT2D eigenvalue weighted by Gasteiger charge is -2.08. The molecule has 0 aliphatic rings. The quantitative estimate of drug-likeness (QED) is 0.175. The first kappa shape index (κ1) is 17.8. The van der Waals surface area contributed by atoms with Crippen LogP contribution in [0.15, 0.2) is 190 Å². The Hall–Kier alpha value is -7.83. The van der Waals surface area contributed by atoms with Gasteiger partial charge in [0.15, 0.2) is 17.5 Å². The molecule has 4 aromatic heterocycles. The average Bonchev–Trinajstić information content (AvgIpc) is 4.35. The molecule has 4 heterocycles. The van der Waals surface area contributed by atoms with E-state index in [2.05, 4.69) is 15.0 Å². The zero-order valence-corrected chi connectivity index (χ0v) is 28.9. The largest absolute Gasteiger partial charge is 0.456 e. The minimum absolute atomic E-state index is 0.158. The van der Waals surface area contributed by atoms with E-state index in [0.29, 0.717) is 11.1 Å². The van der Waals surface area contributed by atoms with Crippen LogP contribution in [0.4, 0.5) is 0 Å². The Morgan fingerprint density at radius 3 is 1.39 bits per heavy atom. The zero-order valence-electron chi connectivity index (χ0n) is 48.9. The third-order valence-corrected chi connectivity index (χ3v) is 9.44. The number of nitrogens with zero attached hydrogens (tertiary/aromatic N) is 4. The maximum Gasteiger partial charge on any atom is 0.164 e. The van der Waals surface area contributed by atoms with Gasteiger partial charge in [-0.25, -0.2) is 15.0 Å². The van der Waals surface area contributed by atoms with Gasteiger partial charge in [-0.1, -0.05) is 115 Å². The minimum atomic E-state index is -0.832. The van der Waals surface area contributed by atoms with Gasteiger partial charge in [0.25, 0.3) is 0 Å². The first-order valence-corrected chi connectivity index (χ1v) is 17.4. The molecule has 57 heavy (non-hydrogen) atoms. The second-order valence-electron chi connectivity index (χ2n) is 12.8. The predicted molar refractivity (Wildman–Crippen MR) is 230 cm³/mol. The number of hydrogen-bond acceptors (Lipinski definition) is 5. The smallest absolute Gasteiger partial charge is 0.164 e. The number of fused-ring (bicyclic) bond motifs is 9. The molecule has 0 spiro atoms. The lowest BCUT2D eigenvalue weighted by atomic mass is 10.0. The van der Waals surface area contributed by atoms with Gasteiger partial charge in [-0.3, -0.25) is 0 Å². The van der Waals surface area contributed by atoms with Gasteiger partial charge >= 0.3 is 0 Å². The molecule has 0 amide bonds. The Kier molecular flexibility index (Phi) is 3.85. The third-order valence-electron chi connectivity index (χ3n) is 9.44. The zero-order chi connectivity index (χ0) is 54.9. The van der Waals surface area contributed by atoms with E-state index in [-0.39, 0.29) is 50.2 Å². The Morgan fingerprint density at radius 1 is 0.368 bits per heavy atom. The fraction of sp³-hybridized carbons (Fsp3) is 0. The maximum absolute atomic E-state index is 9.63. The highest BCUT2D eigenvalue weighted by atomic mass is 16.3. The van der Waals surface area contributed by atoms with Crippen molar-refractivity contribution < 1.29 is 36.2 Å². The second-order valence-corrected chi connectivity index (χ2v) is 12.8. The van der Waals surface area contributed by atoms with Crippen molar-refractivity contribution in [3.8, 4) is 51.0 Å². The molecule has 0 saturated carbocycles. The Morgan fingerprint density at radius 2 is 0.825 bits per heavy atom. The van der Waals surface area contributed by atoms with Gasteiger partial charge in [0.2, 0.25) is 0 Å². The summed E-state index contributed by atoms with van der Waals surface area (Å²) in [5, 5.41) is -2.16. The Labute approximate surface area is 354 Å². The predicted octanol–water partition coefficient (Wildman–Crippen LogP) is 13.4. The van der Waals surface area contributed by atoms with Gasteiger partial charge in [0.05, 0.1) is 38.4 Å². The van der Waals surface area contributed by atoms with Crippen molar-refractivity contribution in [2.75, 3.05) is 0 Å². The standard InChI is InChI=1S/C51H30N4O2/c1-3-11-31(12-4-1)49-52-50(32-13-5-2-6-14-32)54-51(53-49)35-21-25-40-39-23-19-33(27-46(39)57-48(40)29-35)34-20-24-41-42-30-36(22-26-45(42)56-47(41)28-34)55-43-17-9-7-15-37(43)38-16-8-10-18-44(38)55/h1-30H/i7D,8D,9D,10D,15D,16D,17D,18D,19D,20D,21D,22D,23D,24D,25D,26D,27D,28D,29D,30D. The molecule has 6 nitrogen and oxygen atoms in total. The molecule has 0 saturated heterocycles. The van der Waals surface area contributed by atoms with E-state index in [1.807, 2.05) is 0 Å². The molecular weight excluding hydrogens is 701 g/mol. The molecule has 266 valence electrons. The lowest BCUT2D eigenvalue weighted by molar-refractivity contribution is 0.668. The van der Waals surface area contributed by atoms with E-state index in [4.69, 9.17) is 19.8 Å². The summed E-state index contributed by atoms with van der Waals surface area (Å²) in [5.74, 6) is 0.233. The van der Waals surface area contributed by atoms with Crippen LogP contribution in [0.5, 0.6) is 0 Å². The van der Waals surface area contributed by atoms with Crippen LogP contribution in [0, 0.1) is 0 Å². The van der Waals surface area contributed by atoms with E-state index in [1.54, 1.807) is 60.7 Å². The van der Waals surface area contributed by atoms with E-state index in [0.717, 1.165) is 4.57 Å². The minimum Gasteiger partial charge on any atom is -0.456 e. The molecule has 12 rings (SSSR count). The molecule has 0 atom stereocenters. The van der Waals surface area contributed by atoms with E-state index in [9.17, 15) is 16.4 Å². The number of para-hydroxylation sites is 2. The van der Waals surface area contributed by atoms with Gasteiger partial charge in [-0.15, -0.1) is 0 Å². The summed E-state index contributed by atoms with van der Waals surface area (Å²) in [4.78, 5) is 13.9. The van der Waals surface area contributed by atoms with Gasteiger partial charge in [-0.2, -0.15) is 0 Å². The van der Waals surface area contributed by atoms with E-state index in [1.165, 1.54) is 0 Å². The second kappa shape index (κ2) is 12.3. The fourth-order valence-corrected chi connectivity index (χ4v) is 6.80. The van der Waals surface area contributed by atoms with Crippen LogP contribution in [0.1, 0.15) is 27.4 Å². The lowest BCUT2D eigenvalue weighted by Crippen LogP contribution is -2.00. The molecule has 0 fully saturated rings. The van der Waals surface area contributed by atoms with Gasteiger partial charge in [0.1, 0.15) is 22.3 Å². The SMILES string of the molecule is [2H]c1c(-n2c3c([2H])c([2H])c([2H])c([2H])c3c3c([2H])c([2H])c([2H])c([2H])c32)c([2H])c2c(oc3c([2H])c(-c4c([2H])c([2H])c5c(oc6c([2H])c(-c7nc(-c8ccccc8)nc(-c8ccccc8)n7)c([2H])c([2H])c65)c4[2H])c([2H])c([2H])c32)c1[2H]. The Balaban J connectivity index is 1.10. The van der Waals surface area contributed by atoms with Gasteiger partial charge in [0, 0.05) is 54.7 Å². The van der Waals surface area contributed by atoms with Crippen molar-refractivity contribution in [3.05, 3.63) is 182 Å². The first-order chi connectivity index (χ1) is 36.6. The molecule has 12 aromatic rings. The van der Waals surface area contributed by atoms with Crippen molar-refractivity contribution in [1.82, 2.24) is 19.5 Å². The molecular formula is C51H30N4O2. The Bertz CT molecular complexity index is 4560. The van der Waals surface area contributed by atoms with Crippen LogP contribution in [-0.2, 0) is 0 Å². The van der Waals surface area contributed by atoms with Crippen LogP contribution in [0.25, 0.3) is 117 Å². The van der Waals surface area contributed by atoms with Crippen LogP contribution in [-0.4, -0.2) is 19.5 Å². The summed E-state index contributed by atoms with van der Waals surface area (Å²) in [7, 11) is 0. The number of aromatic nitrogens is 4. The fourth-order valence-electron chi connectivity index (χ4n) is 6.80. The average molecular weight is 751 g/mol. The number of hydrogen-bond donors (Lipinski definition) is 0. The summed E-state index contributed by atoms with van der Waals surface area (Å²) >= 11 is 0. The van der Waals surface area contributed by atoms with Gasteiger partial charge in [-0.05, 0) is 77.6 Å². The molecule has 8 aromatic carbocycles. The summed E-state index contributed by atoms with van der Waals surface area (Å²) in [6.45, 7) is 0. The first-order valence-electron chi connectivity index (χ1n) is 27.4. The molecule has 6 heteroatoms. The monoisotopic (exact) mass is 750 g/mol. The number of rotatable bonds is 5.